The predicted octanol–water partition coefficient (Wildman–Crippen LogP) is 6.22. The maximum absolute atomic E-state index is 6.76. The molecule has 1 heterocycles. The third-order valence-electron chi connectivity index (χ3n) is 6.73. The molecule has 1 heteroatoms. The minimum atomic E-state index is 0.138. The summed E-state index contributed by atoms with van der Waals surface area (Å²) in [5, 5.41) is 0. The van der Waals surface area contributed by atoms with Crippen molar-refractivity contribution in [3.63, 3.8) is 0 Å². The van der Waals surface area contributed by atoms with Crippen LogP contribution in [-0.4, -0.2) is 12.2 Å². The Kier molecular flexibility index (Phi) is 5.75. The Morgan fingerprint density at radius 1 is 0.808 bits per heavy atom. The van der Waals surface area contributed by atoms with Gasteiger partial charge >= 0.3 is 0 Å². The van der Waals surface area contributed by atoms with E-state index in [0.717, 1.165) is 18.9 Å². The van der Waals surface area contributed by atoms with E-state index < -0.39 is 0 Å². The summed E-state index contributed by atoms with van der Waals surface area (Å²) in [6.07, 6.45) is 11.6. The molecule has 26 heavy (non-hydrogen) atoms. The van der Waals surface area contributed by atoms with Crippen molar-refractivity contribution >= 4 is 0 Å². The summed E-state index contributed by atoms with van der Waals surface area (Å²) in [5.41, 5.74) is 3.05. The molecule has 2 aliphatic rings. The van der Waals surface area contributed by atoms with Gasteiger partial charge in [-0.2, -0.15) is 0 Å². The number of hydrogen-bond acceptors (Lipinski definition) is 1. The Bertz CT molecular complexity index is 649. The molecule has 0 N–H and O–H groups in total. The van der Waals surface area contributed by atoms with Gasteiger partial charge in [0.05, 0.1) is 12.2 Å². The quantitative estimate of drug-likeness (QED) is 0.602. The molecule has 2 aromatic rings. The van der Waals surface area contributed by atoms with E-state index in [0.29, 0.717) is 5.92 Å². The van der Waals surface area contributed by atoms with E-state index in [-0.39, 0.29) is 5.60 Å². The van der Waals surface area contributed by atoms with Gasteiger partial charge in [-0.1, -0.05) is 73.5 Å². The molecule has 2 atom stereocenters. The molecule has 0 amide bonds. The van der Waals surface area contributed by atoms with Crippen LogP contribution in [0.25, 0.3) is 0 Å². The molecule has 1 aliphatic heterocycles. The van der Waals surface area contributed by atoms with Crippen LogP contribution in [0.15, 0.2) is 60.7 Å². The van der Waals surface area contributed by atoms with Gasteiger partial charge in [-0.05, 0) is 67.9 Å². The molecule has 1 nitrogen and oxygen atoms in total. The van der Waals surface area contributed by atoms with E-state index in [1.54, 1.807) is 0 Å². The molecule has 0 aromatic heterocycles. The molecule has 4 rings (SSSR count). The predicted molar refractivity (Wildman–Crippen MR) is 108 cm³/mol. The normalized spacial score (nSPS) is 26.8. The van der Waals surface area contributed by atoms with Crippen LogP contribution in [0.1, 0.15) is 56.1 Å². The Morgan fingerprint density at radius 3 is 2.08 bits per heavy atom. The van der Waals surface area contributed by atoms with Crippen molar-refractivity contribution < 1.29 is 4.74 Å². The van der Waals surface area contributed by atoms with Gasteiger partial charge in [-0.25, -0.2) is 0 Å². The second-order valence-electron chi connectivity index (χ2n) is 8.44. The molecule has 0 bridgehead atoms. The Balaban J connectivity index is 1.40. The van der Waals surface area contributed by atoms with E-state index in [4.69, 9.17) is 4.74 Å². The molecule has 138 valence electrons. The van der Waals surface area contributed by atoms with Gasteiger partial charge in [0.25, 0.3) is 0 Å². The first-order valence-electron chi connectivity index (χ1n) is 10.6. The number of benzene rings is 2. The first-order chi connectivity index (χ1) is 12.8. The minimum absolute atomic E-state index is 0.138. The standard InChI is InChI=1S/C25H32O/c1-3-9-21(10-4-1)15-17-25(24-13-7-8-14-24)18-16-23(20-26-25)19-22-11-5-2-6-12-22/h1-6,9-12,23-24H,7-8,13-20H2. The van der Waals surface area contributed by atoms with Crippen LogP contribution in [0, 0.1) is 11.8 Å². The monoisotopic (exact) mass is 348 g/mol. The van der Waals surface area contributed by atoms with Crippen LogP contribution in [-0.2, 0) is 17.6 Å². The third-order valence-corrected chi connectivity index (χ3v) is 6.73. The zero-order chi connectivity index (χ0) is 17.7. The SMILES string of the molecule is c1ccc(CCC2(C3CCCC3)CCC(Cc3ccccc3)CO2)cc1. The number of hydrogen-bond donors (Lipinski definition) is 0. The topological polar surface area (TPSA) is 9.23 Å². The molecular weight excluding hydrogens is 316 g/mol. The van der Waals surface area contributed by atoms with Gasteiger partial charge in [-0.3, -0.25) is 0 Å². The van der Waals surface area contributed by atoms with Gasteiger partial charge in [0, 0.05) is 0 Å². The highest BCUT2D eigenvalue weighted by Crippen LogP contribution is 2.45. The zero-order valence-corrected chi connectivity index (χ0v) is 15.9. The number of rotatable bonds is 6. The fourth-order valence-corrected chi connectivity index (χ4v) is 5.17. The molecular formula is C25H32O. The Hall–Kier alpha value is -1.60. The van der Waals surface area contributed by atoms with Crippen molar-refractivity contribution in [2.75, 3.05) is 6.61 Å². The van der Waals surface area contributed by atoms with Crippen molar-refractivity contribution in [3.8, 4) is 0 Å². The molecule has 1 saturated carbocycles. The lowest BCUT2D eigenvalue weighted by Gasteiger charge is -2.45. The van der Waals surface area contributed by atoms with Crippen molar-refractivity contribution in [1.82, 2.24) is 0 Å². The highest BCUT2D eigenvalue weighted by molar-refractivity contribution is 5.17. The summed E-state index contributed by atoms with van der Waals surface area (Å²) in [5.74, 6) is 1.47. The van der Waals surface area contributed by atoms with Crippen LogP contribution in [0.2, 0.25) is 0 Å². The molecule has 2 fully saturated rings. The highest BCUT2D eigenvalue weighted by atomic mass is 16.5. The number of ether oxygens (including phenoxy) is 1. The Labute approximate surface area is 158 Å². The Morgan fingerprint density at radius 2 is 1.46 bits per heavy atom. The van der Waals surface area contributed by atoms with Crippen LogP contribution in [0.3, 0.4) is 0 Å². The lowest BCUT2D eigenvalue weighted by Crippen LogP contribution is -2.45. The molecule has 2 unspecified atom stereocenters. The van der Waals surface area contributed by atoms with Crippen molar-refractivity contribution in [2.24, 2.45) is 11.8 Å². The fourth-order valence-electron chi connectivity index (χ4n) is 5.17. The van der Waals surface area contributed by atoms with Crippen LogP contribution < -0.4 is 0 Å². The van der Waals surface area contributed by atoms with E-state index in [1.165, 1.54) is 62.5 Å². The van der Waals surface area contributed by atoms with Crippen molar-refractivity contribution in [3.05, 3.63) is 71.8 Å². The molecule has 1 saturated heterocycles. The lowest BCUT2D eigenvalue weighted by molar-refractivity contribution is -0.138. The van der Waals surface area contributed by atoms with Crippen molar-refractivity contribution in [2.45, 2.75) is 63.4 Å². The average Bonchev–Trinajstić information content (AvgIpc) is 3.25. The second kappa shape index (κ2) is 8.39. The van der Waals surface area contributed by atoms with E-state index in [2.05, 4.69) is 60.7 Å². The first kappa shape index (κ1) is 17.8. The van der Waals surface area contributed by atoms with E-state index in [9.17, 15) is 0 Å². The van der Waals surface area contributed by atoms with Gasteiger partial charge in [-0.15, -0.1) is 0 Å². The summed E-state index contributed by atoms with van der Waals surface area (Å²) >= 11 is 0. The molecule has 0 spiro atoms. The van der Waals surface area contributed by atoms with Gasteiger partial charge in [0.1, 0.15) is 0 Å². The minimum Gasteiger partial charge on any atom is -0.374 e. The second-order valence-corrected chi connectivity index (χ2v) is 8.44. The summed E-state index contributed by atoms with van der Waals surface area (Å²) in [6, 6.07) is 21.9. The van der Waals surface area contributed by atoms with E-state index in [1.807, 2.05) is 0 Å². The lowest BCUT2D eigenvalue weighted by atomic mass is 9.74. The van der Waals surface area contributed by atoms with E-state index >= 15 is 0 Å². The summed E-state index contributed by atoms with van der Waals surface area (Å²) < 4.78 is 6.76. The largest absolute Gasteiger partial charge is 0.374 e. The average molecular weight is 349 g/mol. The number of aryl methyl sites for hydroxylation is 1. The summed E-state index contributed by atoms with van der Waals surface area (Å²) in [6.45, 7) is 0.945. The molecule has 0 radical (unpaired) electrons. The van der Waals surface area contributed by atoms with Crippen LogP contribution in [0.4, 0.5) is 0 Å². The smallest absolute Gasteiger partial charge is 0.0714 e. The van der Waals surface area contributed by atoms with Crippen LogP contribution >= 0.6 is 0 Å². The van der Waals surface area contributed by atoms with Gasteiger partial charge in [0.15, 0.2) is 0 Å². The summed E-state index contributed by atoms with van der Waals surface area (Å²) in [4.78, 5) is 0. The third kappa shape index (κ3) is 4.20. The fraction of sp³-hybridized carbons (Fsp3) is 0.520. The summed E-state index contributed by atoms with van der Waals surface area (Å²) in [7, 11) is 0. The van der Waals surface area contributed by atoms with Gasteiger partial charge < -0.3 is 4.74 Å². The first-order valence-corrected chi connectivity index (χ1v) is 10.6. The van der Waals surface area contributed by atoms with Gasteiger partial charge in [0.2, 0.25) is 0 Å². The van der Waals surface area contributed by atoms with Crippen LogP contribution in [0.5, 0.6) is 0 Å². The molecule has 2 aromatic carbocycles. The highest BCUT2D eigenvalue weighted by Gasteiger charge is 2.43. The van der Waals surface area contributed by atoms with Crippen molar-refractivity contribution in [1.29, 1.82) is 0 Å². The zero-order valence-electron chi connectivity index (χ0n) is 15.9. The molecule has 1 aliphatic carbocycles. The maximum atomic E-state index is 6.76. The maximum Gasteiger partial charge on any atom is 0.0714 e.